The van der Waals surface area contributed by atoms with Crippen LogP contribution in [0.25, 0.3) is 0 Å². The van der Waals surface area contributed by atoms with Gasteiger partial charge in [-0.25, -0.2) is 9.90 Å². The predicted octanol–water partition coefficient (Wildman–Crippen LogP) is 2.15. The number of hydroxylamine groups is 2. The molecule has 0 saturated carbocycles. The highest BCUT2D eigenvalue weighted by atomic mass is 35.5. The minimum absolute atomic E-state index is 0.0650. The molecular weight excluding hydrogens is 390 g/mol. The van der Waals surface area contributed by atoms with Crippen molar-refractivity contribution in [2.24, 2.45) is 0 Å². The van der Waals surface area contributed by atoms with E-state index in [9.17, 15) is 24.9 Å². The Bertz CT molecular complexity index is 948. The molecule has 1 amide bonds. The Balaban J connectivity index is 2.15. The molecule has 9 heteroatoms. The average molecular weight is 408 g/mol. The Morgan fingerprint density at radius 1 is 1.29 bits per heavy atom. The summed E-state index contributed by atoms with van der Waals surface area (Å²) in [6.45, 7) is 0.992. The maximum atomic E-state index is 12.0. The molecule has 0 spiro atoms. The molecule has 2 unspecified atom stereocenters. The summed E-state index contributed by atoms with van der Waals surface area (Å²) in [7, 11) is 1.16. The number of ether oxygens (including phenoxy) is 1. The summed E-state index contributed by atoms with van der Waals surface area (Å²) in [4.78, 5) is 28.8. The van der Waals surface area contributed by atoms with Crippen LogP contribution in [-0.2, 0) is 31.6 Å². The number of likely N-dealkylation sites (N-methyl/N-ethyl adjacent to an activating group) is 1. The van der Waals surface area contributed by atoms with E-state index in [1.54, 1.807) is 18.2 Å². The fourth-order valence-electron chi connectivity index (χ4n) is 3.17. The van der Waals surface area contributed by atoms with Crippen molar-refractivity contribution in [2.75, 3.05) is 7.05 Å². The third-order valence-electron chi connectivity index (χ3n) is 4.32. The van der Waals surface area contributed by atoms with Gasteiger partial charge in [0, 0.05) is 25.1 Å². The van der Waals surface area contributed by atoms with E-state index >= 15 is 0 Å². The lowest BCUT2D eigenvalue weighted by atomic mass is 9.88. The van der Waals surface area contributed by atoms with Crippen molar-refractivity contribution in [3.8, 4) is 11.5 Å². The monoisotopic (exact) mass is 407 g/mol. The number of amides is 1. The van der Waals surface area contributed by atoms with Crippen molar-refractivity contribution in [3.05, 3.63) is 58.1 Å². The van der Waals surface area contributed by atoms with Gasteiger partial charge in [0.2, 0.25) is 5.78 Å². The number of carbonyl (C=O) groups is 2. The molecule has 3 rings (SSSR count). The first kappa shape index (κ1) is 20.1. The SMILES string of the molecule is CC(=O)C(=O)N(C)OC1(O)c2c(O)cc(O)cc2COC1c1cccc(Cl)c1. The quantitative estimate of drug-likeness (QED) is 0.404. The van der Waals surface area contributed by atoms with Crippen LogP contribution in [0, 0.1) is 0 Å². The number of phenols is 2. The fraction of sp³-hybridized carbons (Fsp3) is 0.263. The molecule has 28 heavy (non-hydrogen) atoms. The summed E-state index contributed by atoms with van der Waals surface area (Å²) in [5, 5.41) is 32.5. The van der Waals surface area contributed by atoms with Gasteiger partial charge in [-0.05, 0) is 29.3 Å². The molecule has 0 fully saturated rings. The van der Waals surface area contributed by atoms with E-state index in [-0.39, 0.29) is 23.5 Å². The van der Waals surface area contributed by atoms with Gasteiger partial charge < -0.3 is 20.1 Å². The van der Waals surface area contributed by atoms with E-state index in [0.29, 0.717) is 15.6 Å². The second-order valence-corrected chi connectivity index (χ2v) is 6.83. The lowest BCUT2D eigenvalue weighted by Crippen LogP contribution is -2.48. The van der Waals surface area contributed by atoms with Crippen molar-refractivity contribution in [1.29, 1.82) is 0 Å². The van der Waals surface area contributed by atoms with Crippen molar-refractivity contribution >= 4 is 23.3 Å². The highest BCUT2D eigenvalue weighted by Gasteiger charge is 2.50. The first-order valence-corrected chi connectivity index (χ1v) is 8.63. The molecule has 2 aromatic carbocycles. The number of nitrogens with zero attached hydrogens (tertiary/aromatic N) is 1. The summed E-state index contributed by atoms with van der Waals surface area (Å²) < 4.78 is 5.73. The molecule has 0 aromatic heterocycles. The zero-order valence-corrected chi connectivity index (χ0v) is 15.8. The van der Waals surface area contributed by atoms with Crippen LogP contribution in [0.3, 0.4) is 0 Å². The Morgan fingerprint density at radius 3 is 2.64 bits per heavy atom. The smallest absolute Gasteiger partial charge is 0.313 e. The average Bonchev–Trinajstić information content (AvgIpc) is 2.60. The summed E-state index contributed by atoms with van der Waals surface area (Å²) in [5.41, 5.74) is 0.573. The van der Waals surface area contributed by atoms with Crippen LogP contribution in [0.1, 0.15) is 29.7 Å². The number of fused-ring (bicyclic) bond motifs is 1. The number of phenolic OH excluding ortho intramolecular Hbond substituents is 2. The minimum Gasteiger partial charge on any atom is -0.508 e. The normalized spacial score (nSPS) is 21.1. The van der Waals surface area contributed by atoms with Gasteiger partial charge in [0.05, 0.1) is 12.2 Å². The van der Waals surface area contributed by atoms with E-state index in [1.165, 1.54) is 12.1 Å². The van der Waals surface area contributed by atoms with Gasteiger partial charge in [0.1, 0.15) is 17.6 Å². The molecule has 148 valence electrons. The molecule has 0 radical (unpaired) electrons. The second-order valence-electron chi connectivity index (χ2n) is 6.39. The molecule has 2 atom stereocenters. The first-order chi connectivity index (χ1) is 13.1. The van der Waals surface area contributed by atoms with Crippen LogP contribution in [0.15, 0.2) is 36.4 Å². The molecular formula is C19H18ClNO7. The summed E-state index contributed by atoms with van der Waals surface area (Å²) in [6, 6.07) is 8.75. The standard InChI is InChI=1S/C19H18ClNO7/c1-10(22)18(25)21(2)28-19(26)16-12(7-14(23)8-15(16)24)9-27-17(19)11-4-3-5-13(20)6-11/h3-8,17,23-24,26H,9H2,1-2H3. The second kappa shape index (κ2) is 7.40. The van der Waals surface area contributed by atoms with Crippen molar-refractivity contribution in [2.45, 2.75) is 25.4 Å². The number of carbonyl (C=O) groups excluding carboxylic acids is 2. The van der Waals surface area contributed by atoms with Crippen LogP contribution in [0.2, 0.25) is 5.02 Å². The summed E-state index contributed by atoms with van der Waals surface area (Å²) in [6.07, 6.45) is -1.20. The lowest BCUT2D eigenvalue weighted by Gasteiger charge is -2.42. The van der Waals surface area contributed by atoms with Gasteiger partial charge in [0.15, 0.2) is 0 Å². The largest absolute Gasteiger partial charge is 0.508 e. The van der Waals surface area contributed by atoms with Crippen LogP contribution < -0.4 is 0 Å². The fourth-order valence-corrected chi connectivity index (χ4v) is 3.37. The third kappa shape index (κ3) is 3.55. The molecule has 1 heterocycles. The first-order valence-electron chi connectivity index (χ1n) is 8.26. The van der Waals surface area contributed by atoms with Crippen molar-refractivity contribution in [1.82, 2.24) is 5.06 Å². The molecule has 0 aliphatic carbocycles. The Hall–Kier alpha value is -2.65. The van der Waals surface area contributed by atoms with Gasteiger partial charge in [-0.3, -0.25) is 9.59 Å². The van der Waals surface area contributed by atoms with E-state index < -0.39 is 29.3 Å². The van der Waals surface area contributed by atoms with Crippen LogP contribution in [0.5, 0.6) is 11.5 Å². The lowest BCUT2D eigenvalue weighted by molar-refractivity contribution is -0.364. The van der Waals surface area contributed by atoms with Crippen LogP contribution >= 0.6 is 11.6 Å². The number of hydrogen-bond donors (Lipinski definition) is 3. The van der Waals surface area contributed by atoms with Gasteiger partial charge in [-0.2, -0.15) is 0 Å². The van der Waals surface area contributed by atoms with E-state index in [0.717, 1.165) is 20.0 Å². The molecule has 1 aliphatic heterocycles. The zero-order valence-electron chi connectivity index (χ0n) is 15.0. The van der Waals surface area contributed by atoms with Gasteiger partial charge in [-0.15, -0.1) is 0 Å². The van der Waals surface area contributed by atoms with E-state index in [4.69, 9.17) is 21.2 Å². The zero-order chi connectivity index (χ0) is 20.6. The van der Waals surface area contributed by atoms with Gasteiger partial charge in [-0.1, -0.05) is 23.7 Å². The van der Waals surface area contributed by atoms with Crippen molar-refractivity contribution in [3.63, 3.8) is 0 Å². The van der Waals surface area contributed by atoms with Crippen LogP contribution in [-0.4, -0.2) is 39.1 Å². The molecule has 0 bridgehead atoms. The molecule has 1 aliphatic rings. The Morgan fingerprint density at radius 2 is 2.00 bits per heavy atom. The van der Waals surface area contributed by atoms with Crippen LogP contribution in [0.4, 0.5) is 0 Å². The van der Waals surface area contributed by atoms with Gasteiger partial charge >= 0.3 is 5.91 Å². The van der Waals surface area contributed by atoms with Gasteiger partial charge in [0.25, 0.3) is 5.79 Å². The molecule has 0 saturated heterocycles. The highest BCUT2D eigenvalue weighted by Crippen LogP contribution is 2.49. The number of rotatable bonds is 4. The highest BCUT2D eigenvalue weighted by molar-refractivity contribution is 6.34. The third-order valence-corrected chi connectivity index (χ3v) is 4.55. The summed E-state index contributed by atoms with van der Waals surface area (Å²) >= 11 is 6.04. The predicted molar refractivity (Wildman–Crippen MR) is 97.2 cm³/mol. The van der Waals surface area contributed by atoms with E-state index in [2.05, 4.69) is 0 Å². The number of Topliss-reactive ketones (excluding diaryl/α,β-unsaturated/α-hetero) is 1. The maximum Gasteiger partial charge on any atom is 0.313 e. The number of ketones is 1. The number of aliphatic hydroxyl groups is 1. The minimum atomic E-state index is -2.39. The Labute approximate surface area is 165 Å². The van der Waals surface area contributed by atoms with E-state index in [1.807, 2.05) is 0 Å². The number of aromatic hydroxyl groups is 2. The van der Waals surface area contributed by atoms with Crippen molar-refractivity contribution < 1.29 is 34.5 Å². The number of benzene rings is 2. The number of hydrogen-bond acceptors (Lipinski definition) is 7. The number of halogens is 1. The molecule has 2 aromatic rings. The Kier molecular flexibility index (Phi) is 5.31. The molecule has 3 N–H and O–H groups in total. The molecule has 8 nitrogen and oxygen atoms in total. The maximum absolute atomic E-state index is 12.0. The topological polar surface area (TPSA) is 117 Å². The summed E-state index contributed by atoms with van der Waals surface area (Å²) in [5.74, 6) is -4.91.